The SMILES string of the molecule is Cc1nc2cc(NC(=O)CC(C)(C(=O)O)c3ccccc3)ccc2o1. The zero-order chi connectivity index (χ0) is 18.0. The molecule has 0 spiro atoms. The van der Waals surface area contributed by atoms with Gasteiger partial charge in [-0.3, -0.25) is 9.59 Å². The normalized spacial score (nSPS) is 13.4. The van der Waals surface area contributed by atoms with E-state index in [1.807, 2.05) is 0 Å². The van der Waals surface area contributed by atoms with Gasteiger partial charge in [0.1, 0.15) is 5.52 Å². The molecular weight excluding hydrogens is 320 g/mol. The molecule has 6 heteroatoms. The molecule has 1 atom stereocenters. The summed E-state index contributed by atoms with van der Waals surface area (Å²) in [7, 11) is 0. The van der Waals surface area contributed by atoms with E-state index in [2.05, 4.69) is 10.3 Å². The van der Waals surface area contributed by atoms with Crippen molar-refractivity contribution in [1.82, 2.24) is 4.98 Å². The molecule has 6 nitrogen and oxygen atoms in total. The molecule has 0 saturated carbocycles. The van der Waals surface area contributed by atoms with E-state index >= 15 is 0 Å². The van der Waals surface area contributed by atoms with Crippen LogP contribution in [-0.2, 0) is 15.0 Å². The molecule has 1 unspecified atom stereocenters. The van der Waals surface area contributed by atoms with E-state index in [9.17, 15) is 14.7 Å². The molecule has 2 N–H and O–H groups in total. The van der Waals surface area contributed by atoms with Crippen molar-refractivity contribution in [2.75, 3.05) is 5.32 Å². The molecule has 1 amide bonds. The molecule has 2 aromatic carbocycles. The van der Waals surface area contributed by atoms with Gasteiger partial charge in [-0.25, -0.2) is 4.98 Å². The van der Waals surface area contributed by atoms with Gasteiger partial charge in [0.05, 0.1) is 5.41 Å². The molecule has 1 heterocycles. The van der Waals surface area contributed by atoms with Crippen LogP contribution in [0.4, 0.5) is 5.69 Å². The number of nitrogens with zero attached hydrogens (tertiary/aromatic N) is 1. The fraction of sp³-hybridized carbons (Fsp3) is 0.211. The largest absolute Gasteiger partial charge is 0.481 e. The number of amides is 1. The molecule has 0 saturated heterocycles. The second kappa shape index (κ2) is 6.39. The third kappa shape index (κ3) is 3.38. The number of carbonyl (C=O) groups is 2. The van der Waals surface area contributed by atoms with Gasteiger partial charge >= 0.3 is 5.97 Å². The fourth-order valence-electron chi connectivity index (χ4n) is 2.75. The van der Waals surface area contributed by atoms with E-state index in [0.29, 0.717) is 28.2 Å². The van der Waals surface area contributed by atoms with Crippen molar-refractivity contribution in [1.29, 1.82) is 0 Å². The Hall–Kier alpha value is -3.15. The Morgan fingerprint density at radius 1 is 1.20 bits per heavy atom. The Kier molecular flexibility index (Phi) is 4.27. The maximum atomic E-state index is 12.4. The van der Waals surface area contributed by atoms with Gasteiger partial charge in [0.25, 0.3) is 0 Å². The first-order valence-electron chi connectivity index (χ1n) is 7.84. The van der Waals surface area contributed by atoms with Crippen molar-refractivity contribution < 1.29 is 19.1 Å². The minimum atomic E-state index is -1.31. The van der Waals surface area contributed by atoms with E-state index in [0.717, 1.165) is 0 Å². The predicted octanol–water partition coefficient (Wildman–Crippen LogP) is 3.51. The number of hydrogen-bond donors (Lipinski definition) is 2. The standard InChI is InChI=1S/C19H18N2O4/c1-12-20-15-10-14(8-9-16(15)25-12)21-17(22)11-19(2,18(23)24)13-6-4-3-5-7-13/h3-10H,11H2,1-2H3,(H,21,22)(H,23,24). The Morgan fingerprint density at radius 3 is 2.60 bits per heavy atom. The third-order valence-electron chi connectivity index (χ3n) is 4.18. The van der Waals surface area contributed by atoms with Crippen molar-refractivity contribution in [3.8, 4) is 0 Å². The number of hydrogen-bond acceptors (Lipinski definition) is 4. The van der Waals surface area contributed by atoms with E-state index < -0.39 is 11.4 Å². The highest BCUT2D eigenvalue weighted by atomic mass is 16.4. The van der Waals surface area contributed by atoms with Crippen LogP contribution in [0.25, 0.3) is 11.1 Å². The van der Waals surface area contributed by atoms with Crippen LogP contribution in [0.15, 0.2) is 52.9 Å². The third-order valence-corrected chi connectivity index (χ3v) is 4.18. The number of carbonyl (C=O) groups excluding carboxylic acids is 1. The van der Waals surface area contributed by atoms with Crippen LogP contribution in [0.2, 0.25) is 0 Å². The second-order valence-corrected chi connectivity index (χ2v) is 6.14. The van der Waals surface area contributed by atoms with E-state index in [4.69, 9.17) is 4.42 Å². The summed E-state index contributed by atoms with van der Waals surface area (Å²) in [6.45, 7) is 3.30. The van der Waals surface area contributed by atoms with Crippen molar-refractivity contribution in [3.63, 3.8) is 0 Å². The fourth-order valence-corrected chi connectivity index (χ4v) is 2.75. The minimum Gasteiger partial charge on any atom is -0.481 e. The number of oxazole rings is 1. The summed E-state index contributed by atoms with van der Waals surface area (Å²) in [5, 5.41) is 12.4. The molecule has 0 aliphatic carbocycles. The van der Waals surface area contributed by atoms with Gasteiger partial charge < -0.3 is 14.8 Å². The number of aryl methyl sites for hydroxylation is 1. The highest BCUT2D eigenvalue weighted by Crippen LogP contribution is 2.29. The summed E-state index contributed by atoms with van der Waals surface area (Å²) in [4.78, 5) is 28.4. The van der Waals surface area contributed by atoms with Crippen LogP contribution in [0.1, 0.15) is 24.8 Å². The van der Waals surface area contributed by atoms with Gasteiger partial charge in [-0.15, -0.1) is 0 Å². The van der Waals surface area contributed by atoms with Gasteiger partial charge in [-0.2, -0.15) is 0 Å². The number of aromatic nitrogens is 1. The molecule has 0 radical (unpaired) electrons. The maximum absolute atomic E-state index is 12.4. The summed E-state index contributed by atoms with van der Waals surface area (Å²) in [5.74, 6) is -0.884. The average Bonchev–Trinajstić information content (AvgIpc) is 2.94. The first-order valence-corrected chi connectivity index (χ1v) is 7.84. The van der Waals surface area contributed by atoms with Crippen LogP contribution in [0.3, 0.4) is 0 Å². The van der Waals surface area contributed by atoms with Crippen molar-refractivity contribution >= 4 is 28.7 Å². The summed E-state index contributed by atoms with van der Waals surface area (Å²) in [5.41, 5.74) is 1.10. The topological polar surface area (TPSA) is 92.4 Å². The molecule has 0 aliphatic heterocycles. The highest BCUT2D eigenvalue weighted by Gasteiger charge is 2.37. The Bertz CT molecular complexity index is 933. The average molecular weight is 338 g/mol. The minimum absolute atomic E-state index is 0.178. The Labute approximate surface area is 144 Å². The molecule has 3 aromatic rings. The quantitative estimate of drug-likeness (QED) is 0.743. The lowest BCUT2D eigenvalue weighted by Gasteiger charge is -2.24. The number of rotatable bonds is 5. The molecule has 0 aliphatic rings. The number of fused-ring (bicyclic) bond motifs is 1. The zero-order valence-corrected chi connectivity index (χ0v) is 13.9. The number of carboxylic acid groups (broad SMARTS) is 1. The van der Waals surface area contributed by atoms with E-state index in [1.165, 1.54) is 0 Å². The van der Waals surface area contributed by atoms with Crippen LogP contribution in [0.5, 0.6) is 0 Å². The first kappa shape index (κ1) is 16.7. The molecule has 0 bridgehead atoms. The highest BCUT2D eigenvalue weighted by molar-refractivity contribution is 5.97. The van der Waals surface area contributed by atoms with Crippen LogP contribution in [0, 0.1) is 6.92 Å². The number of carboxylic acids is 1. The van der Waals surface area contributed by atoms with Crippen molar-refractivity contribution in [3.05, 3.63) is 60.0 Å². The lowest BCUT2D eigenvalue weighted by atomic mass is 9.79. The van der Waals surface area contributed by atoms with Crippen molar-refractivity contribution in [2.45, 2.75) is 25.7 Å². The first-order chi connectivity index (χ1) is 11.9. The van der Waals surface area contributed by atoms with Gasteiger partial charge in [-0.1, -0.05) is 30.3 Å². The lowest BCUT2D eigenvalue weighted by Crippen LogP contribution is -2.36. The van der Waals surface area contributed by atoms with Crippen LogP contribution < -0.4 is 5.32 Å². The molecule has 3 rings (SSSR count). The van der Waals surface area contributed by atoms with E-state index in [-0.39, 0.29) is 12.3 Å². The Balaban J connectivity index is 1.80. The van der Waals surface area contributed by atoms with E-state index in [1.54, 1.807) is 62.4 Å². The van der Waals surface area contributed by atoms with Gasteiger partial charge in [-0.05, 0) is 30.7 Å². The number of aliphatic carboxylic acids is 1. The summed E-state index contributed by atoms with van der Waals surface area (Å²) in [6, 6.07) is 13.9. The van der Waals surface area contributed by atoms with Gasteiger partial charge in [0.15, 0.2) is 11.5 Å². The van der Waals surface area contributed by atoms with Gasteiger partial charge in [0, 0.05) is 19.0 Å². The summed E-state index contributed by atoms with van der Waals surface area (Å²) in [6.07, 6.45) is -0.178. The monoisotopic (exact) mass is 338 g/mol. The molecule has 25 heavy (non-hydrogen) atoms. The predicted molar refractivity (Wildman–Crippen MR) is 93.4 cm³/mol. The second-order valence-electron chi connectivity index (χ2n) is 6.14. The number of anilines is 1. The van der Waals surface area contributed by atoms with Crippen LogP contribution >= 0.6 is 0 Å². The van der Waals surface area contributed by atoms with Crippen molar-refractivity contribution in [2.24, 2.45) is 0 Å². The summed E-state index contributed by atoms with van der Waals surface area (Å²) < 4.78 is 5.40. The van der Waals surface area contributed by atoms with Gasteiger partial charge in [0.2, 0.25) is 5.91 Å². The molecular formula is C19H18N2O4. The molecule has 128 valence electrons. The molecule has 0 fully saturated rings. The van der Waals surface area contributed by atoms with Crippen LogP contribution in [-0.4, -0.2) is 22.0 Å². The molecule has 1 aromatic heterocycles. The summed E-state index contributed by atoms with van der Waals surface area (Å²) >= 11 is 0. The zero-order valence-electron chi connectivity index (χ0n) is 13.9. The number of benzene rings is 2. The number of nitrogens with one attached hydrogen (secondary N) is 1. The maximum Gasteiger partial charge on any atom is 0.314 e. The lowest BCUT2D eigenvalue weighted by molar-refractivity contribution is -0.145. The smallest absolute Gasteiger partial charge is 0.314 e. The Morgan fingerprint density at radius 2 is 1.92 bits per heavy atom.